The van der Waals surface area contributed by atoms with Gasteiger partial charge in [-0.2, -0.15) is 0 Å². The number of likely N-dealkylation sites (tertiary alicyclic amines) is 1. The van der Waals surface area contributed by atoms with Gasteiger partial charge in [-0.1, -0.05) is 54.6 Å². The maximum atomic E-state index is 12.7. The van der Waals surface area contributed by atoms with Crippen LogP contribution in [-0.2, 0) is 24.2 Å². The third-order valence-electron chi connectivity index (χ3n) is 5.90. The molecule has 136 valence electrons. The monoisotopic (exact) mass is 348 g/mol. The van der Waals surface area contributed by atoms with Crippen LogP contribution in [0.3, 0.4) is 0 Å². The summed E-state index contributed by atoms with van der Waals surface area (Å²) in [6.07, 6.45) is 4.46. The zero-order valence-electron chi connectivity index (χ0n) is 15.4. The Bertz CT molecular complexity index is 735. The molecule has 1 amide bonds. The molecule has 2 aromatic carbocycles. The number of rotatable bonds is 4. The van der Waals surface area contributed by atoms with Gasteiger partial charge in [0.2, 0.25) is 5.91 Å². The molecule has 1 fully saturated rings. The highest BCUT2D eigenvalue weighted by Crippen LogP contribution is 2.23. The van der Waals surface area contributed by atoms with E-state index < -0.39 is 0 Å². The summed E-state index contributed by atoms with van der Waals surface area (Å²) in [5.41, 5.74) is 4.25. The van der Waals surface area contributed by atoms with Crippen LogP contribution in [0.1, 0.15) is 29.5 Å². The van der Waals surface area contributed by atoms with Crippen molar-refractivity contribution in [1.82, 2.24) is 9.80 Å². The van der Waals surface area contributed by atoms with Crippen molar-refractivity contribution in [2.24, 2.45) is 5.92 Å². The Morgan fingerprint density at radius 1 is 0.885 bits per heavy atom. The van der Waals surface area contributed by atoms with Crippen LogP contribution < -0.4 is 0 Å². The molecule has 2 aromatic rings. The molecule has 2 aliphatic rings. The van der Waals surface area contributed by atoms with E-state index in [1.54, 1.807) is 0 Å². The summed E-state index contributed by atoms with van der Waals surface area (Å²) in [5, 5.41) is 0. The Morgan fingerprint density at radius 2 is 1.58 bits per heavy atom. The van der Waals surface area contributed by atoms with Crippen molar-refractivity contribution in [3.63, 3.8) is 0 Å². The van der Waals surface area contributed by atoms with Crippen LogP contribution in [0.4, 0.5) is 0 Å². The number of nitrogens with zero attached hydrogens (tertiary/aromatic N) is 2. The number of fused-ring (bicyclic) bond motifs is 1. The first kappa shape index (κ1) is 17.3. The second-order valence-corrected chi connectivity index (χ2v) is 7.74. The number of hydrogen-bond donors (Lipinski definition) is 0. The molecule has 0 bridgehead atoms. The molecule has 2 heterocycles. The zero-order chi connectivity index (χ0) is 17.8. The molecule has 0 aromatic heterocycles. The SMILES string of the molecule is O=C(CN1CCc2ccccc2C1)N1CCC(Cc2ccccc2)CC1. The van der Waals surface area contributed by atoms with Crippen molar-refractivity contribution in [2.75, 3.05) is 26.2 Å². The molecule has 0 radical (unpaired) electrons. The van der Waals surface area contributed by atoms with Crippen LogP contribution in [0.2, 0.25) is 0 Å². The van der Waals surface area contributed by atoms with Gasteiger partial charge in [0.25, 0.3) is 0 Å². The molecule has 26 heavy (non-hydrogen) atoms. The average Bonchev–Trinajstić information content (AvgIpc) is 2.69. The van der Waals surface area contributed by atoms with Gasteiger partial charge >= 0.3 is 0 Å². The van der Waals surface area contributed by atoms with Crippen molar-refractivity contribution in [2.45, 2.75) is 32.2 Å². The Morgan fingerprint density at radius 3 is 2.35 bits per heavy atom. The normalized spacial score (nSPS) is 18.5. The van der Waals surface area contributed by atoms with E-state index in [9.17, 15) is 4.79 Å². The van der Waals surface area contributed by atoms with Crippen molar-refractivity contribution >= 4 is 5.91 Å². The summed E-state index contributed by atoms with van der Waals surface area (Å²) in [4.78, 5) is 17.1. The number of carbonyl (C=O) groups excluding carboxylic acids is 1. The summed E-state index contributed by atoms with van der Waals surface area (Å²) >= 11 is 0. The van der Waals surface area contributed by atoms with Crippen LogP contribution in [0.5, 0.6) is 0 Å². The number of amides is 1. The smallest absolute Gasteiger partial charge is 0.236 e. The van der Waals surface area contributed by atoms with E-state index in [2.05, 4.69) is 64.4 Å². The summed E-state index contributed by atoms with van der Waals surface area (Å²) in [6, 6.07) is 19.4. The molecule has 0 atom stereocenters. The molecule has 0 unspecified atom stereocenters. The molecule has 3 nitrogen and oxygen atoms in total. The van der Waals surface area contributed by atoms with Gasteiger partial charge in [0.15, 0.2) is 0 Å². The molecule has 0 aliphatic carbocycles. The topological polar surface area (TPSA) is 23.6 Å². The first-order valence-corrected chi connectivity index (χ1v) is 9.89. The summed E-state index contributed by atoms with van der Waals surface area (Å²) in [7, 11) is 0. The second-order valence-electron chi connectivity index (χ2n) is 7.74. The number of benzene rings is 2. The average molecular weight is 348 g/mol. The van der Waals surface area contributed by atoms with Crippen LogP contribution in [0, 0.1) is 5.92 Å². The standard InChI is InChI=1S/C23H28N2O/c26-23(18-24-13-12-21-8-4-5-9-22(21)17-24)25-14-10-20(11-15-25)16-19-6-2-1-3-7-19/h1-9,20H,10-18H2. The molecule has 3 heteroatoms. The van der Waals surface area contributed by atoms with Gasteiger partial charge in [0, 0.05) is 26.2 Å². The van der Waals surface area contributed by atoms with Crippen molar-refractivity contribution in [1.29, 1.82) is 0 Å². The lowest BCUT2D eigenvalue weighted by atomic mass is 9.90. The van der Waals surface area contributed by atoms with Gasteiger partial charge in [0.1, 0.15) is 0 Å². The fourth-order valence-electron chi connectivity index (χ4n) is 4.31. The minimum absolute atomic E-state index is 0.308. The van der Waals surface area contributed by atoms with E-state index >= 15 is 0 Å². The quantitative estimate of drug-likeness (QED) is 0.844. The molecule has 0 spiro atoms. The predicted octanol–water partition coefficient (Wildman–Crippen LogP) is 3.53. The largest absolute Gasteiger partial charge is 0.342 e. The van der Waals surface area contributed by atoms with Gasteiger partial charge in [-0.3, -0.25) is 9.69 Å². The maximum absolute atomic E-state index is 12.7. The maximum Gasteiger partial charge on any atom is 0.236 e. The fourth-order valence-corrected chi connectivity index (χ4v) is 4.31. The highest BCUT2D eigenvalue weighted by Gasteiger charge is 2.25. The van der Waals surface area contributed by atoms with Crippen molar-refractivity contribution < 1.29 is 4.79 Å². The lowest BCUT2D eigenvalue weighted by Gasteiger charge is -2.35. The van der Waals surface area contributed by atoms with Gasteiger partial charge in [-0.15, -0.1) is 0 Å². The molecule has 1 saturated heterocycles. The first-order chi connectivity index (χ1) is 12.8. The van der Waals surface area contributed by atoms with Gasteiger partial charge in [-0.25, -0.2) is 0 Å². The Balaban J connectivity index is 1.25. The van der Waals surface area contributed by atoms with Gasteiger partial charge in [-0.05, 0) is 48.3 Å². The van der Waals surface area contributed by atoms with Gasteiger partial charge < -0.3 is 4.90 Å². The van der Waals surface area contributed by atoms with Crippen molar-refractivity contribution in [3.8, 4) is 0 Å². The third kappa shape index (κ3) is 4.16. The van der Waals surface area contributed by atoms with E-state index in [4.69, 9.17) is 0 Å². The Labute approximate surface area is 156 Å². The Hall–Kier alpha value is -2.13. The van der Waals surface area contributed by atoms with Crippen molar-refractivity contribution in [3.05, 3.63) is 71.3 Å². The van der Waals surface area contributed by atoms with Gasteiger partial charge in [0.05, 0.1) is 6.54 Å². The predicted molar refractivity (Wildman–Crippen MR) is 105 cm³/mol. The lowest BCUT2D eigenvalue weighted by Crippen LogP contribution is -2.45. The lowest BCUT2D eigenvalue weighted by molar-refractivity contribution is -0.134. The van der Waals surface area contributed by atoms with Crippen LogP contribution >= 0.6 is 0 Å². The van der Waals surface area contributed by atoms with Crippen LogP contribution in [0.15, 0.2) is 54.6 Å². The summed E-state index contributed by atoms with van der Waals surface area (Å²) in [6.45, 7) is 4.30. The number of piperidine rings is 1. The second kappa shape index (κ2) is 8.05. The molecule has 0 saturated carbocycles. The van der Waals surface area contributed by atoms with E-state index in [1.165, 1.54) is 16.7 Å². The van der Waals surface area contributed by atoms with E-state index in [-0.39, 0.29) is 0 Å². The molecular formula is C23H28N2O. The fraction of sp³-hybridized carbons (Fsp3) is 0.435. The highest BCUT2D eigenvalue weighted by molar-refractivity contribution is 5.78. The third-order valence-corrected chi connectivity index (χ3v) is 5.90. The molecular weight excluding hydrogens is 320 g/mol. The summed E-state index contributed by atoms with van der Waals surface area (Å²) in [5.74, 6) is 1.02. The minimum atomic E-state index is 0.308. The highest BCUT2D eigenvalue weighted by atomic mass is 16.2. The van der Waals surface area contributed by atoms with E-state index in [0.29, 0.717) is 18.4 Å². The van der Waals surface area contributed by atoms with Crippen LogP contribution in [0.25, 0.3) is 0 Å². The minimum Gasteiger partial charge on any atom is -0.342 e. The zero-order valence-corrected chi connectivity index (χ0v) is 15.4. The van der Waals surface area contributed by atoms with Crippen LogP contribution in [-0.4, -0.2) is 41.9 Å². The summed E-state index contributed by atoms with van der Waals surface area (Å²) < 4.78 is 0. The number of hydrogen-bond acceptors (Lipinski definition) is 2. The molecule has 4 rings (SSSR count). The van der Waals surface area contributed by atoms with E-state index in [0.717, 1.165) is 51.9 Å². The van der Waals surface area contributed by atoms with E-state index in [1.807, 2.05) is 0 Å². The first-order valence-electron chi connectivity index (χ1n) is 9.89. The number of carbonyl (C=O) groups is 1. The molecule has 2 aliphatic heterocycles. The molecule has 0 N–H and O–H groups in total. The Kier molecular flexibility index (Phi) is 5.35.